The summed E-state index contributed by atoms with van der Waals surface area (Å²) in [6, 6.07) is 7.10. The molecule has 1 amide bonds. The Morgan fingerprint density at radius 1 is 1.09 bits per heavy atom. The SMILES string of the molecule is CC(=O)c1ccc(NC(=O)CN2CC[C@@H]3CCCC[C@@H]3C2)cc1. The summed E-state index contributed by atoms with van der Waals surface area (Å²) in [5.74, 6) is 1.76. The predicted octanol–water partition coefficient (Wildman–Crippen LogP) is 3.34. The van der Waals surface area contributed by atoms with Gasteiger partial charge in [-0.2, -0.15) is 0 Å². The molecule has 124 valence electrons. The number of ketones is 1. The van der Waals surface area contributed by atoms with Crippen LogP contribution in [0.25, 0.3) is 0 Å². The van der Waals surface area contributed by atoms with Crippen molar-refractivity contribution in [3.8, 4) is 0 Å². The van der Waals surface area contributed by atoms with E-state index in [9.17, 15) is 9.59 Å². The first kappa shape index (κ1) is 16.2. The number of Topliss-reactive ketones (excluding diaryl/α,β-unsaturated/α-hetero) is 1. The van der Waals surface area contributed by atoms with Crippen molar-refractivity contribution in [1.82, 2.24) is 4.90 Å². The van der Waals surface area contributed by atoms with Crippen LogP contribution in [0.15, 0.2) is 24.3 Å². The van der Waals surface area contributed by atoms with E-state index < -0.39 is 0 Å². The maximum Gasteiger partial charge on any atom is 0.238 e. The highest BCUT2D eigenvalue weighted by Crippen LogP contribution is 2.35. The van der Waals surface area contributed by atoms with Crippen LogP contribution >= 0.6 is 0 Å². The number of nitrogens with zero attached hydrogens (tertiary/aromatic N) is 1. The van der Waals surface area contributed by atoms with Crippen LogP contribution in [0.5, 0.6) is 0 Å². The lowest BCUT2D eigenvalue weighted by Crippen LogP contribution is -2.44. The van der Waals surface area contributed by atoms with Crippen LogP contribution in [-0.2, 0) is 4.79 Å². The Bertz CT molecular complexity index is 567. The van der Waals surface area contributed by atoms with Gasteiger partial charge in [0.05, 0.1) is 6.54 Å². The highest BCUT2D eigenvalue weighted by Gasteiger charge is 2.31. The third-order valence-electron chi connectivity index (χ3n) is 5.32. The van der Waals surface area contributed by atoms with Crippen molar-refractivity contribution in [2.45, 2.75) is 39.0 Å². The summed E-state index contributed by atoms with van der Waals surface area (Å²) in [6.07, 6.45) is 6.69. The smallest absolute Gasteiger partial charge is 0.238 e. The zero-order valence-corrected chi connectivity index (χ0v) is 13.9. The molecule has 2 aliphatic rings. The summed E-state index contributed by atoms with van der Waals surface area (Å²) in [4.78, 5) is 25.8. The van der Waals surface area contributed by atoms with Gasteiger partial charge >= 0.3 is 0 Å². The fraction of sp³-hybridized carbons (Fsp3) is 0.579. The lowest BCUT2D eigenvalue weighted by atomic mass is 9.75. The van der Waals surface area contributed by atoms with Gasteiger partial charge in [0.25, 0.3) is 0 Å². The maximum atomic E-state index is 12.2. The van der Waals surface area contributed by atoms with Gasteiger partial charge in [-0.3, -0.25) is 14.5 Å². The van der Waals surface area contributed by atoms with Crippen molar-refractivity contribution in [1.29, 1.82) is 0 Å². The number of carbonyl (C=O) groups is 2. The van der Waals surface area contributed by atoms with E-state index >= 15 is 0 Å². The van der Waals surface area contributed by atoms with Gasteiger partial charge < -0.3 is 5.32 Å². The Balaban J connectivity index is 1.50. The topological polar surface area (TPSA) is 49.4 Å². The van der Waals surface area contributed by atoms with Gasteiger partial charge in [0.2, 0.25) is 5.91 Å². The highest BCUT2D eigenvalue weighted by molar-refractivity contribution is 5.96. The average molecular weight is 314 g/mol. The van der Waals surface area contributed by atoms with Gasteiger partial charge in [-0.1, -0.05) is 19.3 Å². The van der Waals surface area contributed by atoms with Crippen LogP contribution in [0.4, 0.5) is 5.69 Å². The van der Waals surface area contributed by atoms with Crippen LogP contribution in [0.3, 0.4) is 0 Å². The van der Waals surface area contributed by atoms with Gasteiger partial charge in [0.15, 0.2) is 5.78 Å². The zero-order valence-electron chi connectivity index (χ0n) is 13.9. The molecule has 1 saturated heterocycles. The van der Waals surface area contributed by atoms with Crippen molar-refractivity contribution < 1.29 is 9.59 Å². The molecule has 23 heavy (non-hydrogen) atoms. The molecular formula is C19H26N2O2. The lowest BCUT2D eigenvalue weighted by Gasteiger charge is -2.41. The van der Waals surface area contributed by atoms with Crippen LogP contribution in [0.1, 0.15) is 49.4 Å². The van der Waals surface area contributed by atoms with Gasteiger partial charge in [0.1, 0.15) is 0 Å². The molecule has 2 atom stereocenters. The Labute approximate surface area is 138 Å². The molecule has 0 unspecified atom stereocenters. The zero-order chi connectivity index (χ0) is 16.2. The van der Waals surface area contributed by atoms with Crippen molar-refractivity contribution in [2.24, 2.45) is 11.8 Å². The van der Waals surface area contributed by atoms with Crippen molar-refractivity contribution in [3.63, 3.8) is 0 Å². The second-order valence-corrected chi connectivity index (χ2v) is 7.01. The van der Waals surface area contributed by atoms with E-state index in [4.69, 9.17) is 0 Å². The van der Waals surface area contributed by atoms with E-state index in [2.05, 4.69) is 10.2 Å². The molecule has 0 aromatic heterocycles. The number of carbonyl (C=O) groups excluding carboxylic acids is 2. The number of hydrogen-bond acceptors (Lipinski definition) is 3. The molecule has 0 bridgehead atoms. The molecule has 2 fully saturated rings. The monoisotopic (exact) mass is 314 g/mol. The molecule has 1 saturated carbocycles. The Morgan fingerprint density at radius 3 is 2.48 bits per heavy atom. The molecule has 4 heteroatoms. The Hall–Kier alpha value is -1.68. The van der Waals surface area contributed by atoms with E-state index in [1.807, 2.05) is 0 Å². The Kier molecular flexibility index (Phi) is 5.11. The predicted molar refractivity (Wildman–Crippen MR) is 91.6 cm³/mol. The fourth-order valence-electron chi connectivity index (χ4n) is 4.01. The summed E-state index contributed by atoms with van der Waals surface area (Å²) in [6.45, 7) is 4.12. The highest BCUT2D eigenvalue weighted by atomic mass is 16.2. The largest absolute Gasteiger partial charge is 0.325 e. The molecule has 1 aliphatic carbocycles. The second kappa shape index (κ2) is 7.26. The molecule has 1 aromatic rings. The molecule has 1 heterocycles. The number of amides is 1. The number of hydrogen-bond donors (Lipinski definition) is 1. The van der Waals surface area contributed by atoms with Crippen LogP contribution < -0.4 is 5.32 Å². The number of rotatable bonds is 4. The summed E-state index contributed by atoms with van der Waals surface area (Å²) in [7, 11) is 0. The summed E-state index contributed by atoms with van der Waals surface area (Å²) < 4.78 is 0. The van der Waals surface area contributed by atoms with Gasteiger partial charge in [-0.05, 0) is 62.4 Å². The second-order valence-electron chi connectivity index (χ2n) is 7.01. The Morgan fingerprint density at radius 2 is 1.78 bits per heavy atom. The van der Waals surface area contributed by atoms with E-state index in [-0.39, 0.29) is 11.7 Å². The van der Waals surface area contributed by atoms with Crippen LogP contribution in [-0.4, -0.2) is 36.2 Å². The van der Waals surface area contributed by atoms with Crippen molar-refractivity contribution in [3.05, 3.63) is 29.8 Å². The summed E-state index contributed by atoms with van der Waals surface area (Å²) in [5.41, 5.74) is 1.43. The van der Waals surface area contributed by atoms with Crippen LogP contribution in [0.2, 0.25) is 0 Å². The van der Waals surface area contributed by atoms with Gasteiger partial charge in [-0.15, -0.1) is 0 Å². The molecule has 3 rings (SSSR count). The van der Waals surface area contributed by atoms with E-state index in [0.717, 1.165) is 30.6 Å². The molecule has 1 aliphatic heterocycles. The van der Waals surface area contributed by atoms with E-state index in [1.165, 1.54) is 32.1 Å². The van der Waals surface area contributed by atoms with Crippen LogP contribution in [0, 0.1) is 11.8 Å². The number of fused-ring (bicyclic) bond motifs is 1. The third-order valence-corrected chi connectivity index (χ3v) is 5.32. The molecule has 1 N–H and O–H groups in total. The first-order valence-corrected chi connectivity index (χ1v) is 8.75. The number of piperidine rings is 1. The molecule has 0 radical (unpaired) electrons. The minimum absolute atomic E-state index is 0.0369. The summed E-state index contributed by atoms with van der Waals surface area (Å²) >= 11 is 0. The maximum absolute atomic E-state index is 12.2. The number of anilines is 1. The molecular weight excluding hydrogens is 288 g/mol. The van der Waals surface area contributed by atoms with Gasteiger partial charge in [0, 0.05) is 17.8 Å². The molecule has 4 nitrogen and oxygen atoms in total. The summed E-state index contributed by atoms with van der Waals surface area (Å²) in [5, 5.41) is 2.94. The standard InChI is InChI=1S/C19H26N2O2/c1-14(22)15-6-8-18(9-7-15)20-19(23)13-21-11-10-16-4-2-3-5-17(16)12-21/h6-9,16-17H,2-5,10-13H2,1H3,(H,20,23)/t16-,17+/m0/s1. The lowest BCUT2D eigenvalue weighted by molar-refractivity contribution is -0.118. The number of likely N-dealkylation sites (tertiary alicyclic amines) is 1. The fourth-order valence-corrected chi connectivity index (χ4v) is 4.01. The minimum Gasteiger partial charge on any atom is -0.325 e. The van der Waals surface area contributed by atoms with E-state index in [1.54, 1.807) is 31.2 Å². The third kappa shape index (κ3) is 4.20. The molecule has 1 aromatic carbocycles. The first-order chi connectivity index (χ1) is 11.1. The van der Waals surface area contributed by atoms with Gasteiger partial charge in [-0.25, -0.2) is 0 Å². The van der Waals surface area contributed by atoms with Crippen molar-refractivity contribution >= 4 is 17.4 Å². The van der Waals surface area contributed by atoms with E-state index in [0.29, 0.717) is 12.1 Å². The average Bonchev–Trinajstić information content (AvgIpc) is 2.55. The number of nitrogens with one attached hydrogen (secondary N) is 1. The normalized spacial score (nSPS) is 24.7. The minimum atomic E-state index is 0.0369. The molecule has 0 spiro atoms. The number of benzene rings is 1. The quantitative estimate of drug-likeness (QED) is 0.867. The van der Waals surface area contributed by atoms with Crippen molar-refractivity contribution in [2.75, 3.05) is 25.0 Å². The first-order valence-electron chi connectivity index (χ1n) is 8.75.